The largest absolute Gasteiger partial charge is 0.468 e. The summed E-state index contributed by atoms with van der Waals surface area (Å²) in [5.41, 5.74) is 0.512. The number of benzene rings is 1. The molecule has 1 aliphatic heterocycles. The Hall–Kier alpha value is -1.13. The van der Waals surface area contributed by atoms with E-state index in [1.54, 1.807) is 12.1 Å². The number of halogens is 2. The SMILES string of the molecule is COC(=O)C1CCCN1Cc1cccc(Cl)c1F. The number of carbonyl (C=O) groups is 1. The van der Waals surface area contributed by atoms with Gasteiger partial charge in [-0.15, -0.1) is 0 Å². The number of rotatable bonds is 3. The molecule has 0 spiro atoms. The van der Waals surface area contributed by atoms with Gasteiger partial charge < -0.3 is 4.74 Å². The lowest BCUT2D eigenvalue weighted by Crippen LogP contribution is -2.36. The minimum atomic E-state index is -0.408. The molecule has 1 fully saturated rings. The van der Waals surface area contributed by atoms with Gasteiger partial charge in [0.25, 0.3) is 0 Å². The summed E-state index contributed by atoms with van der Waals surface area (Å²) in [5, 5.41) is 0.112. The van der Waals surface area contributed by atoms with Crippen LogP contribution in [0.1, 0.15) is 18.4 Å². The first kappa shape index (κ1) is 13.3. The first-order chi connectivity index (χ1) is 8.63. The molecule has 1 unspecified atom stereocenters. The molecule has 1 aromatic carbocycles. The number of nitrogens with zero attached hydrogens (tertiary/aromatic N) is 1. The molecule has 0 radical (unpaired) electrons. The van der Waals surface area contributed by atoms with Crippen LogP contribution in [-0.2, 0) is 16.1 Å². The van der Waals surface area contributed by atoms with Gasteiger partial charge in [-0.1, -0.05) is 23.7 Å². The highest BCUT2D eigenvalue weighted by molar-refractivity contribution is 6.30. The molecule has 0 saturated carbocycles. The number of esters is 1. The number of carbonyl (C=O) groups excluding carboxylic acids is 1. The van der Waals surface area contributed by atoms with Crippen molar-refractivity contribution < 1.29 is 13.9 Å². The Balaban J connectivity index is 2.13. The fourth-order valence-electron chi connectivity index (χ4n) is 2.31. The number of hydrogen-bond donors (Lipinski definition) is 0. The molecule has 0 aromatic heterocycles. The Labute approximate surface area is 110 Å². The molecule has 1 atom stereocenters. The van der Waals surface area contributed by atoms with E-state index < -0.39 is 5.82 Å². The lowest BCUT2D eigenvalue weighted by molar-refractivity contribution is -0.146. The van der Waals surface area contributed by atoms with E-state index >= 15 is 0 Å². The predicted molar refractivity (Wildman–Crippen MR) is 66.9 cm³/mol. The summed E-state index contributed by atoms with van der Waals surface area (Å²) in [7, 11) is 1.37. The molecule has 0 amide bonds. The zero-order valence-corrected chi connectivity index (χ0v) is 10.9. The Morgan fingerprint density at radius 3 is 3.11 bits per heavy atom. The van der Waals surface area contributed by atoms with Gasteiger partial charge in [0.1, 0.15) is 11.9 Å². The zero-order chi connectivity index (χ0) is 13.1. The third-order valence-corrected chi connectivity index (χ3v) is 3.53. The maximum absolute atomic E-state index is 13.8. The number of methoxy groups -OCH3 is 1. The van der Waals surface area contributed by atoms with E-state index in [0.29, 0.717) is 12.1 Å². The fraction of sp³-hybridized carbons (Fsp3) is 0.462. The van der Waals surface area contributed by atoms with Gasteiger partial charge in [0.05, 0.1) is 12.1 Å². The third kappa shape index (κ3) is 2.65. The number of ether oxygens (including phenoxy) is 1. The molecule has 1 aliphatic rings. The highest BCUT2D eigenvalue weighted by Crippen LogP contribution is 2.24. The smallest absolute Gasteiger partial charge is 0.323 e. The van der Waals surface area contributed by atoms with Gasteiger partial charge >= 0.3 is 5.97 Å². The lowest BCUT2D eigenvalue weighted by atomic mass is 10.1. The molecule has 18 heavy (non-hydrogen) atoms. The second kappa shape index (κ2) is 5.67. The van der Waals surface area contributed by atoms with E-state index in [9.17, 15) is 9.18 Å². The van der Waals surface area contributed by atoms with E-state index in [4.69, 9.17) is 16.3 Å². The monoisotopic (exact) mass is 271 g/mol. The van der Waals surface area contributed by atoms with Crippen LogP contribution in [0.5, 0.6) is 0 Å². The molecule has 1 aromatic rings. The summed E-state index contributed by atoms with van der Waals surface area (Å²) in [6, 6.07) is 4.65. The van der Waals surface area contributed by atoms with Crippen LogP contribution in [0.25, 0.3) is 0 Å². The third-order valence-electron chi connectivity index (χ3n) is 3.24. The summed E-state index contributed by atoms with van der Waals surface area (Å²) in [5.74, 6) is -0.662. The average molecular weight is 272 g/mol. The Morgan fingerprint density at radius 2 is 2.39 bits per heavy atom. The van der Waals surface area contributed by atoms with Gasteiger partial charge in [0.2, 0.25) is 0 Å². The van der Waals surface area contributed by atoms with Crippen molar-refractivity contribution in [1.82, 2.24) is 4.90 Å². The first-order valence-corrected chi connectivity index (χ1v) is 6.26. The molecule has 98 valence electrons. The minimum absolute atomic E-state index is 0.112. The van der Waals surface area contributed by atoms with Crippen LogP contribution >= 0.6 is 11.6 Å². The quantitative estimate of drug-likeness (QED) is 0.792. The fourth-order valence-corrected chi connectivity index (χ4v) is 2.50. The molecular weight excluding hydrogens is 257 g/mol. The Morgan fingerprint density at radius 1 is 1.61 bits per heavy atom. The van der Waals surface area contributed by atoms with Crippen molar-refractivity contribution in [2.75, 3.05) is 13.7 Å². The van der Waals surface area contributed by atoms with Gasteiger partial charge in [-0.3, -0.25) is 9.69 Å². The Bertz CT molecular complexity index is 453. The van der Waals surface area contributed by atoms with Crippen molar-refractivity contribution in [2.45, 2.75) is 25.4 Å². The lowest BCUT2D eigenvalue weighted by Gasteiger charge is -2.22. The van der Waals surface area contributed by atoms with Gasteiger partial charge in [0, 0.05) is 12.1 Å². The topological polar surface area (TPSA) is 29.5 Å². The maximum Gasteiger partial charge on any atom is 0.323 e. The van der Waals surface area contributed by atoms with Gasteiger partial charge in [0.15, 0.2) is 0 Å². The average Bonchev–Trinajstić information content (AvgIpc) is 2.82. The van der Waals surface area contributed by atoms with Crippen LogP contribution in [-0.4, -0.2) is 30.6 Å². The second-order valence-electron chi connectivity index (χ2n) is 4.36. The molecule has 3 nitrogen and oxygen atoms in total. The summed E-state index contributed by atoms with van der Waals surface area (Å²) in [6.07, 6.45) is 1.68. The molecule has 0 N–H and O–H groups in total. The molecule has 5 heteroatoms. The summed E-state index contributed by atoms with van der Waals surface area (Å²) < 4.78 is 18.5. The summed E-state index contributed by atoms with van der Waals surface area (Å²) in [4.78, 5) is 13.5. The van der Waals surface area contributed by atoms with Crippen molar-refractivity contribution in [2.24, 2.45) is 0 Å². The zero-order valence-electron chi connectivity index (χ0n) is 10.2. The molecule has 0 aliphatic carbocycles. The van der Waals surface area contributed by atoms with Gasteiger partial charge in [-0.05, 0) is 25.5 Å². The summed E-state index contributed by atoms with van der Waals surface area (Å²) in [6.45, 7) is 1.15. The van der Waals surface area contributed by atoms with Crippen molar-refractivity contribution >= 4 is 17.6 Å². The normalized spacial score (nSPS) is 20.1. The molecular formula is C13H15ClFNO2. The number of likely N-dealkylation sites (tertiary alicyclic amines) is 1. The summed E-state index contributed by atoms with van der Waals surface area (Å²) >= 11 is 5.74. The van der Waals surface area contributed by atoms with Crippen LogP contribution in [0.15, 0.2) is 18.2 Å². The van der Waals surface area contributed by atoms with E-state index in [0.717, 1.165) is 19.4 Å². The molecule has 0 bridgehead atoms. The van der Waals surface area contributed by atoms with Crippen molar-refractivity contribution in [3.05, 3.63) is 34.6 Å². The van der Waals surface area contributed by atoms with Crippen LogP contribution < -0.4 is 0 Å². The van der Waals surface area contributed by atoms with Crippen molar-refractivity contribution in [3.8, 4) is 0 Å². The molecule has 2 rings (SSSR count). The van der Waals surface area contributed by atoms with Crippen LogP contribution in [0, 0.1) is 5.82 Å². The second-order valence-corrected chi connectivity index (χ2v) is 4.77. The maximum atomic E-state index is 13.8. The molecule has 1 heterocycles. The Kier molecular flexibility index (Phi) is 4.19. The molecule has 1 saturated heterocycles. The predicted octanol–water partition coefficient (Wildman–Crippen LogP) is 2.62. The minimum Gasteiger partial charge on any atom is -0.468 e. The van der Waals surface area contributed by atoms with Crippen LogP contribution in [0.4, 0.5) is 4.39 Å². The van der Waals surface area contributed by atoms with E-state index in [2.05, 4.69) is 0 Å². The van der Waals surface area contributed by atoms with Crippen molar-refractivity contribution in [1.29, 1.82) is 0 Å². The first-order valence-electron chi connectivity index (χ1n) is 5.88. The highest BCUT2D eigenvalue weighted by atomic mass is 35.5. The van der Waals surface area contributed by atoms with Crippen LogP contribution in [0.3, 0.4) is 0 Å². The van der Waals surface area contributed by atoms with Gasteiger partial charge in [-0.25, -0.2) is 4.39 Å². The van der Waals surface area contributed by atoms with E-state index in [-0.39, 0.29) is 17.0 Å². The standard InChI is InChI=1S/C13H15ClFNO2/c1-18-13(17)11-6-3-7-16(11)8-9-4-2-5-10(14)12(9)15/h2,4-5,11H,3,6-8H2,1H3. The van der Waals surface area contributed by atoms with Gasteiger partial charge in [-0.2, -0.15) is 0 Å². The number of hydrogen-bond acceptors (Lipinski definition) is 3. The van der Waals surface area contributed by atoms with E-state index in [1.165, 1.54) is 13.2 Å². The van der Waals surface area contributed by atoms with Crippen LogP contribution in [0.2, 0.25) is 5.02 Å². The highest BCUT2D eigenvalue weighted by Gasteiger charge is 2.31. The van der Waals surface area contributed by atoms with E-state index in [1.807, 2.05) is 4.90 Å². The van der Waals surface area contributed by atoms with Crippen molar-refractivity contribution in [3.63, 3.8) is 0 Å².